The highest BCUT2D eigenvalue weighted by Crippen LogP contribution is 2.39. The molecule has 0 aromatic heterocycles. The van der Waals surface area contributed by atoms with Gasteiger partial charge in [-0.3, -0.25) is 4.79 Å². The van der Waals surface area contributed by atoms with Gasteiger partial charge in [0, 0.05) is 51.3 Å². The molecule has 0 fully saturated rings. The van der Waals surface area contributed by atoms with Crippen molar-refractivity contribution in [1.29, 1.82) is 0 Å². The van der Waals surface area contributed by atoms with E-state index in [1.54, 1.807) is 49.4 Å². The van der Waals surface area contributed by atoms with Gasteiger partial charge >= 0.3 is 29.8 Å². The van der Waals surface area contributed by atoms with Crippen molar-refractivity contribution in [3.8, 4) is 0 Å². The second-order valence-corrected chi connectivity index (χ2v) is 14.8. The van der Waals surface area contributed by atoms with Gasteiger partial charge in [0.15, 0.2) is 5.78 Å². The van der Waals surface area contributed by atoms with Crippen LogP contribution in [0.1, 0.15) is 81.3 Å². The summed E-state index contributed by atoms with van der Waals surface area (Å²) in [6, 6.07) is 16.0. The zero-order valence-corrected chi connectivity index (χ0v) is 35.8. The van der Waals surface area contributed by atoms with Crippen LogP contribution in [0.15, 0.2) is 128 Å². The number of rotatable bonds is 22. The van der Waals surface area contributed by atoms with E-state index in [1.165, 1.54) is 34.6 Å². The normalized spacial score (nSPS) is 10.4. The first kappa shape index (κ1) is 48.3. The lowest BCUT2D eigenvalue weighted by atomic mass is 10.00. The van der Waals surface area contributed by atoms with E-state index in [-0.39, 0.29) is 73.1 Å². The molecule has 0 bridgehead atoms. The molecule has 61 heavy (non-hydrogen) atoms. The molecule has 0 atom stereocenters. The fourth-order valence-corrected chi connectivity index (χ4v) is 5.46. The summed E-state index contributed by atoms with van der Waals surface area (Å²) in [6.45, 7) is 30.5. The smallest absolute Gasteiger partial charge is 0.333 e. The molecule has 0 heterocycles. The molecule has 0 saturated carbocycles. The van der Waals surface area contributed by atoms with E-state index in [0.29, 0.717) is 62.4 Å². The van der Waals surface area contributed by atoms with Gasteiger partial charge in [-0.1, -0.05) is 45.5 Å². The van der Waals surface area contributed by atoms with Crippen molar-refractivity contribution < 1.29 is 52.5 Å². The first-order chi connectivity index (χ1) is 28.6. The average Bonchev–Trinajstić information content (AvgIpc) is 3.20. The van der Waals surface area contributed by atoms with E-state index in [2.05, 4.69) is 39.5 Å². The van der Waals surface area contributed by atoms with Crippen LogP contribution in [0.5, 0.6) is 0 Å². The number of ketones is 1. The van der Waals surface area contributed by atoms with Crippen molar-refractivity contribution >= 4 is 52.7 Å². The Morgan fingerprint density at radius 1 is 0.377 bits per heavy atom. The highest BCUT2D eigenvalue weighted by atomic mass is 16.5. The summed E-state index contributed by atoms with van der Waals surface area (Å²) in [7, 11) is 0. The predicted molar refractivity (Wildman–Crippen MR) is 232 cm³/mol. The molecule has 0 unspecified atom stereocenters. The second kappa shape index (κ2) is 22.3. The molecule has 3 aromatic carbocycles. The fraction of sp³-hybridized carbons (Fsp3) is 0.265. The van der Waals surface area contributed by atoms with E-state index in [1.807, 2.05) is 17.0 Å². The molecule has 12 nitrogen and oxygen atoms in total. The van der Waals surface area contributed by atoms with Crippen LogP contribution >= 0.6 is 0 Å². The number of hydrogen-bond acceptors (Lipinski definition) is 12. The van der Waals surface area contributed by atoms with Crippen molar-refractivity contribution in [2.24, 2.45) is 0 Å². The summed E-state index contributed by atoms with van der Waals surface area (Å²) < 4.78 is 27.7. The van der Waals surface area contributed by atoms with Crippen LogP contribution in [0.25, 0.3) is 0 Å². The molecule has 12 heteroatoms. The quantitative estimate of drug-likeness (QED) is 0.0539. The Kier molecular flexibility index (Phi) is 17.7. The zero-order chi connectivity index (χ0) is 45.6. The molecule has 0 spiro atoms. The number of aryl methyl sites for hydroxylation is 1. The number of nitrogens with zero attached hydrogens (tertiary/aromatic N) is 1. The van der Waals surface area contributed by atoms with Gasteiger partial charge in [0.05, 0.1) is 0 Å². The molecule has 0 aliphatic rings. The molecule has 0 radical (unpaired) electrons. The maximum atomic E-state index is 12.8. The zero-order valence-electron chi connectivity index (χ0n) is 35.8. The predicted octanol–water partition coefficient (Wildman–Crippen LogP) is 9.33. The van der Waals surface area contributed by atoms with E-state index in [4.69, 9.17) is 23.7 Å². The Morgan fingerprint density at radius 3 is 0.836 bits per heavy atom. The minimum atomic E-state index is -0.616. The lowest BCUT2D eigenvalue weighted by molar-refractivity contribution is -0.141. The molecular formula is C49H53NO11. The number of hydrogen-bond donors (Lipinski definition) is 0. The molecule has 0 aliphatic carbocycles. The maximum Gasteiger partial charge on any atom is 0.333 e. The second-order valence-electron chi connectivity index (χ2n) is 14.8. The number of esters is 5. The lowest BCUT2D eigenvalue weighted by Crippen LogP contribution is -2.15. The Morgan fingerprint density at radius 2 is 0.607 bits per heavy atom. The summed E-state index contributed by atoms with van der Waals surface area (Å²) in [4.78, 5) is 77.3. The van der Waals surface area contributed by atoms with Crippen LogP contribution in [0.2, 0.25) is 0 Å². The van der Waals surface area contributed by atoms with Crippen molar-refractivity contribution in [2.45, 2.75) is 87.4 Å². The van der Waals surface area contributed by atoms with E-state index < -0.39 is 29.8 Å². The van der Waals surface area contributed by atoms with Crippen molar-refractivity contribution in [1.82, 2.24) is 0 Å². The monoisotopic (exact) mass is 831 g/mol. The van der Waals surface area contributed by atoms with Crippen molar-refractivity contribution in [3.63, 3.8) is 0 Å². The van der Waals surface area contributed by atoms with Crippen LogP contribution in [-0.4, -0.2) is 35.6 Å². The minimum absolute atomic E-state index is 0.130. The summed E-state index contributed by atoms with van der Waals surface area (Å²) in [5, 5.41) is 0. The minimum Gasteiger partial charge on any atom is -0.457 e. The molecule has 0 aliphatic heterocycles. The largest absolute Gasteiger partial charge is 0.457 e. The van der Waals surface area contributed by atoms with Crippen LogP contribution in [-0.2, 0) is 91.9 Å². The van der Waals surface area contributed by atoms with Crippen LogP contribution in [0, 0.1) is 0 Å². The van der Waals surface area contributed by atoms with E-state index >= 15 is 0 Å². The Balaban J connectivity index is 2.44. The van der Waals surface area contributed by atoms with Gasteiger partial charge in [-0.05, 0) is 135 Å². The first-order valence-corrected chi connectivity index (χ1v) is 19.2. The van der Waals surface area contributed by atoms with Crippen LogP contribution in [0.3, 0.4) is 0 Å². The summed E-state index contributed by atoms with van der Waals surface area (Å²) in [5.41, 5.74) is 6.19. The number of benzene rings is 3. The molecule has 3 aromatic rings. The molecular weight excluding hydrogens is 779 g/mol. The van der Waals surface area contributed by atoms with Gasteiger partial charge in [-0.2, -0.15) is 0 Å². The van der Waals surface area contributed by atoms with Gasteiger partial charge in [0.25, 0.3) is 0 Å². The third-order valence-electron chi connectivity index (χ3n) is 8.60. The summed E-state index contributed by atoms with van der Waals surface area (Å²) in [6.07, 6.45) is 0.445. The summed E-state index contributed by atoms with van der Waals surface area (Å²) >= 11 is 0. The summed E-state index contributed by atoms with van der Waals surface area (Å²) in [5.74, 6) is -3.19. The van der Waals surface area contributed by atoms with Crippen LogP contribution < -0.4 is 4.90 Å². The van der Waals surface area contributed by atoms with E-state index in [9.17, 15) is 28.8 Å². The van der Waals surface area contributed by atoms with Gasteiger partial charge in [-0.15, -0.1) is 0 Å². The maximum absolute atomic E-state index is 12.8. The number of ether oxygens (including phenoxy) is 5. The SMILES string of the molecule is C=C(C)C(=O)CCc1cc(COC(=O)C(=C)C)cc(N(c2cc(COC(=O)C(=C)C)cc(COC(=O)C(=C)C)c2)c2cc(COC(=O)C(=C)C)cc(COC(=O)C(=C)C)c2)c1. The molecule has 3 rings (SSSR count). The number of anilines is 3. The Hall–Kier alpha value is -7.08. The van der Waals surface area contributed by atoms with E-state index in [0.717, 1.165) is 0 Å². The number of Topliss-reactive ketones (excluding diaryl/α,β-unsaturated/α-hetero) is 1. The van der Waals surface area contributed by atoms with Gasteiger partial charge in [-0.25, -0.2) is 24.0 Å². The van der Waals surface area contributed by atoms with Gasteiger partial charge in [0.2, 0.25) is 0 Å². The highest BCUT2D eigenvalue weighted by molar-refractivity contribution is 5.94. The standard InChI is InChI=1S/C49H53NO11/c1-29(2)44(51)14-13-35-15-36(24-57-45(52)30(3)4)19-41(18-35)50(42-20-37(25-58-46(53)31(5)6)16-38(21-42)26-59-47(54)32(7)8)43-22-39(27-60-48(55)33(9)10)17-40(23-43)28-61-49(56)34(11)12/h15-23H,1,3,5,7,9,11,13-14,24-28H2,2,4,6,8,10,12H3. The Labute approximate surface area is 357 Å². The van der Waals surface area contributed by atoms with Gasteiger partial charge < -0.3 is 28.6 Å². The number of allylic oxidation sites excluding steroid dienone is 1. The van der Waals surface area contributed by atoms with Crippen molar-refractivity contribution in [2.75, 3.05) is 4.90 Å². The molecule has 0 saturated heterocycles. The molecule has 0 amide bonds. The topological polar surface area (TPSA) is 152 Å². The highest BCUT2D eigenvalue weighted by Gasteiger charge is 2.21. The third-order valence-corrected chi connectivity index (χ3v) is 8.60. The Bertz CT molecular complexity index is 1910. The third kappa shape index (κ3) is 15.2. The number of carbonyl (C=O) groups excluding carboxylic acids is 6. The number of carbonyl (C=O) groups is 6. The average molecular weight is 832 g/mol. The van der Waals surface area contributed by atoms with Gasteiger partial charge in [0.1, 0.15) is 33.0 Å². The van der Waals surface area contributed by atoms with Crippen LogP contribution in [0.4, 0.5) is 17.1 Å². The van der Waals surface area contributed by atoms with Crippen molar-refractivity contribution in [3.05, 3.63) is 161 Å². The first-order valence-electron chi connectivity index (χ1n) is 19.2. The molecule has 0 N–H and O–H groups in total. The lowest BCUT2D eigenvalue weighted by Gasteiger charge is -2.29. The fourth-order valence-electron chi connectivity index (χ4n) is 5.46. The molecule has 320 valence electrons.